The first kappa shape index (κ1) is 25.5. The Morgan fingerprint density at radius 1 is 1.10 bits per heavy atom. The van der Waals surface area contributed by atoms with Crippen LogP contribution in [-0.4, -0.2) is 53.5 Å². The molecule has 10 nitrogen and oxygen atoms in total. The Balaban J connectivity index is 2.86. The van der Waals surface area contributed by atoms with E-state index in [1.54, 1.807) is 45.0 Å². The molecule has 0 radical (unpaired) electrons. The van der Waals surface area contributed by atoms with Crippen molar-refractivity contribution in [2.45, 2.75) is 57.6 Å². The molecule has 4 unspecified atom stereocenters. The second-order valence-corrected chi connectivity index (χ2v) is 8.85. The molecule has 1 rings (SSSR count). The number of rotatable bonds is 8. The number of esters is 1. The number of alkyl carbamates (subject to hydrolysis) is 2. The van der Waals surface area contributed by atoms with Crippen molar-refractivity contribution in [3.63, 3.8) is 0 Å². The molecule has 30 heavy (non-hydrogen) atoms. The lowest BCUT2D eigenvalue weighted by molar-refractivity contribution is -0.143. The number of methoxy groups -OCH3 is 1. The maximum atomic E-state index is 12.2. The molecule has 0 aliphatic rings. The Kier molecular flexibility index (Phi) is 9.81. The van der Waals surface area contributed by atoms with Crippen molar-refractivity contribution >= 4 is 26.2 Å². The van der Waals surface area contributed by atoms with Gasteiger partial charge in [-0.1, -0.05) is 30.3 Å². The predicted molar refractivity (Wildman–Crippen MR) is 109 cm³/mol. The van der Waals surface area contributed by atoms with Gasteiger partial charge in [0, 0.05) is 6.04 Å². The molecule has 168 valence electrons. The monoisotopic (exact) mass is 444 g/mol. The lowest BCUT2D eigenvalue weighted by Gasteiger charge is -2.29. The highest BCUT2D eigenvalue weighted by Crippen LogP contribution is 2.29. The van der Waals surface area contributed by atoms with Crippen LogP contribution in [0.4, 0.5) is 9.59 Å². The highest BCUT2D eigenvalue weighted by molar-refractivity contribution is 7.39. The molecule has 0 bridgehead atoms. The summed E-state index contributed by atoms with van der Waals surface area (Å²) in [5.74, 6) is -0.954. The Labute approximate surface area is 176 Å². The molecule has 2 amide bonds. The zero-order valence-corrected chi connectivity index (χ0v) is 18.6. The van der Waals surface area contributed by atoms with Crippen LogP contribution in [0.3, 0.4) is 0 Å². The summed E-state index contributed by atoms with van der Waals surface area (Å²) in [4.78, 5) is 46.2. The summed E-state index contributed by atoms with van der Waals surface area (Å²) in [5.41, 5.74) is -1.46. The summed E-state index contributed by atoms with van der Waals surface area (Å²) < 4.78 is 26.9. The molecule has 0 saturated carbocycles. The van der Waals surface area contributed by atoms with Crippen LogP contribution < -0.4 is 10.6 Å². The van der Waals surface area contributed by atoms with E-state index in [0.29, 0.717) is 0 Å². The first-order valence-corrected chi connectivity index (χ1v) is 10.6. The average Bonchev–Trinajstić information content (AvgIpc) is 2.64. The van der Waals surface area contributed by atoms with Crippen LogP contribution in [0.25, 0.3) is 0 Å². The highest BCUT2D eigenvalue weighted by atomic mass is 31.1. The molecule has 3 N–H and O–H groups in total. The van der Waals surface area contributed by atoms with E-state index in [-0.39, 0.29) is 6.61 Å². The molecule has 1 aromatic rings. The first-order valence-electron chi connectivity index (χ1n) is 9.22. The number of amides is 2. The van der Waals surface area contributed by atoms with Crippen LogP contribution in [0.1, 0.15) is 33.3 Å². The molecule has 11 heteroatoms. The summed E-state index contributed by atoms with van der Waals surface area (Å²) in [6.07, 6.45) is -1.81. The minimum absolute atomic E-state index is 0.00500. The van der Waals surface area contributed by atoms with Gasteiger partial charge < -0.3 is 29.7 Å². The van der Waals surface area contributed by atoms with Gasteiger partial charge in [-0.2, -0.15) is 0 Å². The van der Waals surface area contributed by atoms with Crippen molar-refractivity contribution in [2.75, 3.05) is 7.11 Å². The van der Waals surface area contributed by atoms with E-state index >= 15 is 0 Å². The molecule has 0 heterocycles. The quantitative estimate of drug-likeness (QED) is 0.315. The Bertz CT molecular complexity index is 751. The molecule has 1 aromatic carbocycles. The van der Waals surface area contributed by atoms with Gasteiger partial charge in [0.15, 0.2) is 8.03 Å². The third-order valence-electron chi connectivity index (χ3n) is 3.87. The van der Waals surface area contributed by atoms with Crippen LogP contribution in [0, 0.1) is 0 Å². The second-order valence-electron chi connectivity index (χ2n) is 7.51. The zero-order chi connectivity index (χ0) is 22.9. The van der Waals surface area contributed by atoms with Crippen molar-refractivity contribution < 1.29 is 38.1 Å². The van der Waals surface area contributed by atoms with Gasteiger partial charge in [-0.05, 0) is 33.3 Å². The minimum Gasteiger partial charge on any atom is -0.467 e. The molecular formula is C19H29N2O8P. The van der Waals surface area contributed by atoms with E-state index in [0.717, 1.165) is 12.7 Å². The topological polar surface area (TPSA) is 140 Å². The largest absolute Gasteiger partial charge is 0.467 e. The maximum Gasteiger partial charge on any atom is 0.408 e. The summed E-state index contributed by atoms with van der Waals surface area (Å²) in [5, 5.41) is 4.67. The van der Waals surface area contributed by atoms with Gasteiger partial charge in [0.05, 0.1) is 12.8 Å². The van der Waals surface area contributed by atoms with Crippen LogP contribution >= 0.6 is 8.03 Å². The van der Waals surface area contributed by atoms with Crippen molar-refractivity contribution in [3.8, 4) is 0 Å². The van der Waals surface area contributed by atoms with E-state index in [9.17, 15) is 23.8 Å². The molecule has 0 aromatic heterocycles. The summed E-state index contributed by atoms with van der Waals surface area (Å²) >= 11 is 0. The predicted octanol–water partition coefficient (Wildman–Crippen LogP) is 2.20. The first-order chi connectivity index (χ1) is 13.9. The van der Waals surface area contributed by atoms with Gasteiger partial charge >= 0.3 is 18.2 Å². The lowest BCUT2D eigenvalue weighted by atomic mass is 10.1. The molecule has 0 saturated heterocycles. The minimum atomic E-state index is -3.42. The molecule has 4 atom stereocenters. The third-order valence-corrected chi connectivity index (χ3v) is 5.27. The normalized spacial score (nSPS) is 15.1. The van der Waals surface area contributed by atoms with E-state index in [1.165, 1.54) is 6.92 Å². The smallest absolute Gasteiger partial charge is 0.408 e. The number of carbonyl (C=O) groups is 3. The summed E-state index contributed by atoms with van der Waals surface area (Å²) in [7, 11) is -2.34. The van der Waals surface area contributed by atoms with Crippen molar-refractivity contribution in [2.24, 2.45) is 0 Å². The fourth-order valence-corrected chi connectivity index (χ4v) is 3.56. The van der Waals surface area contributed by atoms with E-state index in [4.69, 9.17) is 9.47 Å². The average molecular weight is 444 g/mol. The van der Waals surface area contributed by atoms with Gasteiger partial charge in [-0.15, -0.1) is 0 Å². The SMILES string of the molecule is COC(=O)C(NC(=O)OC(C)(C)C)C(C(C)NC(=O)OCc1ccccc1)[PH](=O)O. The maximum absolute atomic E-state index is 12.2. The van der Waals surface area contributed by atoms with E-state index in [2.05, 4.69) is 15.4 Å². The van der Waals surface area contributed by atoms with Gasteiger partial charge in [0.2, 0.25) is 0 Å². The molecule has 0 spiro atoms. The molecular weight excluding hydrogens is 415 g/mol. The standard InChI is InChI=1S/C19H29N2O8P/c1-12(20-17(23)28-11-13-9-7-6-8-10-13)15(30(25)26)14(16(22)27-5)21-18(24)29-19(2,3)4/h6-10,12,14-15,30H,11H2,1-5H3,(H,20,23)(H,21,24)(H,25,26). The van der Waals surface area contributed by atoms with Crippen LogP contribution in [0.15, 0.2) is 30.3 Å². The number of carbonyl (C=O) groups excluding carboxylic acids is 3. The fraction of sp³-hybridized carbons (Fsp3) is 0.526. The number of nitrogens with one attached hydrogen (secondary N) is 2. The third kappa shape index (κ3) is 8.84. The van der Waals surface area contributed by atoms with Crippen LogP contribution in [0.5, 0.6) is 0 Å². The van der Waals surface area contributed by atoms with Crippen molar-refractivity contribution in [1.82, 2.24) is 10.6 Å². The Hall–Kier alpha value is -2.58. The molecule has 0 fully saturated rings. The second kappa shape index (κ2) is 11.6. The van der Waals surface area contributed by atoms with E-state index < -0.39 is 49.5 Å². The number of hydrogen-bond donors (Lipinski definition) is 3. The van der Waals surface area contributed by atoms with Gasteiger partial charge in [-0.3, -0.25) is 4.57 Å². The van der Waals surface area contributed by atoms with Gasteiger partial charge in [0.25, 0.3) is 0 Å². The Morgan fingerprint density at radius 3 is 2.20 bits per heavy atom. The van der Waals surface area contributed by atoms with Crippen LogP contribution in [-0.2, 0) is 30.2 Å². The van der Waals surface area contributed by atoms with E-state index in [1.807, 2.05) is 6.07 Å². The van der Waals surface area contributed by atoms with Crippen molar-refractivity contribution in [1.29, 1.82) is 0 Å². The van der Waals surface area contributed by atoms with Crippen molar-refractivity contribution in [3.05, 3.63) is 35.9 Å². The highest BCUT2D eigenvalue weighted by Gasteiger charge is 2.39. The number of hydrogen-bond acceptors (Lipinski definition) is 7. The fourth-order valence-electron chi connectivity index (χ4n) is 2.54. The summed E-state index contributed by atoms with van der Waals surface area (Å²) in [6, 6.07) is 6.40. The number of ether oxygens (including phenoxy) is 3. The summed E-state index contributed by atoms with van der Waals surface area (Å²) in [6.45, 7) is 6.28. The number of benzene rings is 1. The van der Waals surface area contributed by atoms with Gasteiger partial charge in [-0.25, -0.2) is 14.4 Å². The Morgan fingerprint density at radius 2 is 1.70 bits per heavy atom. The van der Waals surface area contributed by atoms with Crippen LogP contribution in [0.2, 0.25) is 0 Å². The lowest BCUT2D eigenvalue weighted by Crippen LogP contribution is -2.56. The zero-order valence-electron chi connectivity index (χ0n) is 17.6. The molecule has 0 aliphatic heterocycles. The van der Waals surface area contributed by atoms with Gasteiger partial charge in [0.1, 0.15) is 18.2 Å². The molecule has 0 aliphatic carbocycles.